The summed E-state index contributed by atoms with van der Waals surface area (Å²) in [6.07, 6.45) is 7.37. The average molecular weight is 301 g/mol. The maximum atomic E-state index is 10.4. The molecule has 4 rings (SSSR count). The van der Waals surface area contributed by atoms with E-state index in [0.29, 0.717) is 11.8 Å². The molecular weight excluding hydrogens is 278 g/mol. The van der Waals surface area contributed by atoms with Crippen molar-refractivity contribution >= 4 is 0 Å². The first-order valence-corrected chi connectivity index (χ1v) is 8.06. The van der Waals surface area contributed by atoms with Gasteiger partial charge >= 0.3 is 0 Å². The van der Waals surface area contributed by atoms with Crippen molar-refractivity contribution in [2.24, 2.45) is 0 Å². The second-order valence-corrected chi connectivity index (χ2v) is 6.95. The van der Waals surface area contributed by atoms with E-state index >= 15 is 0 Å². The Hall–Kier alpha value is -1.52. The van der Waals surface area contributed by atoms with Crippen LogP contribution in [0.5, 0.6) is 11.5 Å². The first-order chi connectivity index (χ1) is 10.6. The summed E-state index contributed by atoms with van der Waals surface area (Å²) in [5, 5.41) is 20.3. The van der Waals surface area contributed by atoms with E-state index in [0.717, 1.165) is 37.8 Å². The number of ether oxygens (including phenoxy) is 1. The number of aromatic hydroxyl groups is 1. The van der Waals surface area contributed by atoms with Crippen LogP contribution in [-0.4, -0.2) is 41.9 Å². The third kappa shape index (κ3) is 1.77. The van der Waals surface area contributed by atoms with Crippen LogP contribution in [0.25, 0.3) is 0 Å². The minimum absolute atomic E-state index is 0.114. The van der Waals surface area contributed by atoms with Crippen molar-refractivity contribution in [3.05, 3.63) is 34.9 Å². The molecule has 118 valence electrons. The molecule has 1 aromatic rings. The molecule has 22 heavy (non-hydrogen) atoms. The summed E-state index contributed by atoms with van der Waals surface area (Å²) in [6, 6.07) is 2.27. The highest BCUT2D eigenvalue weighted by molar-refractivity contribution is 5.63. The Morgan fingerprint density at radius 1 is 1.41 bits per heavy atom. The third-order valence-electron chi connectivity index (χ3n) is 5.77. The van der Waals surface area contributed by atoms with Gasteiger partial charge < -0.3 is 14.9 Å². The zero-order chi connectivity index (χ0) is 15.5. The Kier molecular flexibility index (Phi) is 3.03. The Morgan fingerprint density at radius 2 is 2.23 bits per heavy atom. The number of nitrogens with zero attached hydrogens (tertiary/aromatic N) is 1. The van der Waals surface area contributed by atoms with Crippen molar-refractivity contribution in [3.8, 4) is 11.5 Å². The number of likely N-dealkylation sites (N-methyl/N-ethyl adjacent to an activating group) is 1. The number of aliphatic hydroxyl groups is 1. The number of aliphatic hydroxyl groups excluding tert-OH is 1. The highest BCUT2D eigenvalue weighted by Crippen LogP contribution is 2.59. The van der Waals surface area contributed by atoms with Gasteiger partial charge in [0.05, 0.1) is 13.2 Å². The van der Waals surface area contributed by atoms with Crippen LogP contribution in [-0.2, 0) is 11.8 Å². The Balaban J connectivity index is 1.98. The van der Waals surface area contributed by atoms with E-state index in [1.807, 2.05) is 12.1 Å². The first kappa shape index (κ1) is 14.1. The predicted octanol–water partition coefficient (Wildman–Crippen LogP) is 2.28. The van der Waals surface area contributed by atoms with Gasteiger partial charge in [0.1, 0.15) is 0 Å². The van der Waals surface area contributed by atoms with Crippen LogP contribution in [0.1, 0.15) is 42.0 Å². The molecule has 0 fully saturated rings. The predicted molar refractivity (Wildman–Crippen MR) is 84.4 cm³/mol. The quantitative estimate of drug-likeness (QED) is 0.782. The van der Waals surface area contributed by atoms with Crippen LogP contribution in [0.2, 0.25) is 0 Å². The van der Waals surface area contributed by atoms with Crippen molar-refractivity contribution in [1.29, 1.82) is 0 Å². The molecule has 0 saturated carbocycles. The zero-order valence-electron chi connectivity index (χ0n) is 13.2. The maximum absolute atomic E-state index is 10.4. The molecule has 3 atom stereocenters. The molecule has 2 N–H and O–H groups in total. The van der Waals surface area contributed by atoms with Crippen LogP contribution >= 0.6 is 0 Å². The molecule has 1 heterocycles. The van der Waals surface area contributed by atoms with E-state index in [9.17, 15) is 10.2 Å². The lowest BCUT2D eigenvalue weighted by molar-refractivity contribution is 0.172. The van der Waals surface area contributed by atoms with Gasteiger partial charge in [-0.15, -0.1) is 0 Å². The van der Waals surface area contributed by atoms with Crippen molar-refractivity contribution in [3.63, 3.8) is 0 Å². The van der Waals surface area contributed by atoms with Gasteiger partial charge in [0.15, 0.2) is 11.5 Å². The number of hydrogen-bond acceptors (Lipinski definition) is 4. The highest BCUT2D eigenvalue weighted by Gasteiger charge is 2.49. The van der Waals surface area contributed by atoms with Crippen LogP contribution in [0.4, 0.5) is 0 Å². The van der Waals surface area contributed by atoms with Crippen LogP contribution in [0.15, 0.2) is 18.2 Å². The highest BCUT2D eigenvalue weighted by atomic mass is 16.5. The van der Waals surface area contributed by atoms with E-state index in [1.54, 1.807) is 7.11 Å². The Labute approximate surface area is 131 Å². The number of benzene rings is 1. The van der Waals surface area contributed by atoms with Gasteiger partial charge in [-0.05, 0) is 49.9 Å². The molecule has 3 unspecified atom stereocenters. The van der Waals surface area contributed by atoms with Crippen LogP contribution in [0.3, 0.4) is 0 Å². The molecule has 0 amide bonds. The number of rotatable bonds is 1. The van der Waals surface area contributed by atoms with Gasteiger partial charge in [-0.25, -0.2) is 0 Å². The van der Waals surface area contributed by atoms with Gasteiger partial charge in [-0.3, -0.25) is 4.90 Å². The summed E-state index contributed by atoms with van der Waals surface area (Å²) in [6.45, 7) is 1.02. The fourth-order valence-corrected chi connectivity index (χ4v) is 4.64. The second-order valence-electron chi connectivity index (χ2n) is 6.95. The number of phenols is 1. The minimum Gasteiger partial charge on any atom is -0.504 e. The Bertz CT molecular complexity index is 654. The minimum atomic E-state index is -0.348. The average Bonchev–Trinajstić information content (AvgIpc) is 2.83. The summed E-state index contributed by atoms with van der Waals surface area (Å²) >= 11 is 0. The van der Waals surface area contributed by atoms with E-state index in [1.165, 1.54) is 11.1 Å². The summed E-state index contributed by atoms with van der Waals surface area (Å²) in [5.74, 6) is 0.873. The van der Waals surface area contributed by atoms with Gasteiger partial charge in [-0.2, -0.15) is 0 Å². The van der Waals surface area contributed by atoms with Gasteiger partial charge in [0.2, 0.25) is 0 Å². The number of methoxy groups -OCH3 is 1. The number of allylic oxidation sites excluding steroid dienone is 1. The van der Waals surface area contributed by atoms with Gasteiger partial charge in [0.25, 0.3) is 0 Å². The smallest absolute Gasteiger partial charge is 0.164 e. The summed E-state index contributed by atoms with van der Waals surface area (Å²) in [7, 11) is 3.81. The summed E-state index contributed by atoms with van der Waals surface area (Å²) in [5.41, 5.74) is 3.65. The molecule has 1 spiro atoms. The number of fused-ring (bicyclic) bond motifs is 1. The Morgan fingerprint density at radius 3 is 2.91 bits per heavy atom. The monoisotopic (exact) mass is 301 g/mol. The number of hydrogen-bond donors (Lipinski definition) is 2. The molecule has 0 radical (unpaired) electrons. The van der Waals surface area contributed by atoms with Gasteiger partial charge in [0, 0.05) is 23.6 Å². The second kappa shape index (κ2) is 4.74. The summed E-state index contributed by atoms with van der Waals surface area (Å²) in [4.78, 5) is 2.41. The molecule has 1 aliphatic heterocycles. The molecule has 2 aliphatic carbocycles. The first-order valence-electron chi connectivity index (χ1n) is 8.06. The lowest BCUT2D eigenvalue weighted by atomic mass is 9.73. The molecule has 4 heteroatoms. The fourth-order valence-electron chi connectivity index (χ4n) is 4.64. The molecule has 1 aromatic carbocycles. The molecule has 0 saturated heterocycles. The molecule has 0 aromatic heterocycles. The van der Waals surface area contributed by atoms with Crippen molar-refractivity contribution in [2.75, 3.05) is 20.7 Å². The maximum Gasteiger partial charge on any atom is 0.164 e. The summed E-state index contributed by atoms with van der Waals surface area (Å²) < 4.78 is 5.58. The van der Waals surface area contributed by atoms with Crippen LogP contribution < -0.4 is 4.74 Å². The molecule has 3 aliphatic rings. The lowest BCUT2D eigenvalue weighted by Gasteiger charge is -2.33. The lowest BCUT2D eigenvalue weighted by Crippen LogP contribution is -2.32. The van der Waals surface area contributed by atoms with Crippen molar-refractivity contribution in [1.82, 2.24) is 4.90 Å². The fraction of sp³-hybridized carbons (Fsp3) is 0.556. The number of phenolic OH excluding ortho intramolecular Hbond substituents is 1. The third-order valence-corrected chi connectivity index (χ3v) is 5.77. The largest absolute Gasteiger partial charge is 0.504 e. The standard InChI is InChI=1S/C18H23NO3/c1-19-8-5-11-9-14(21)17(22-2)16-15(11)13(19)10-18(16)6-3-12(20)4-7-18/h3,6,9,12-13,20-21H,4-5,7-8,10H2,1-2H3. The molecule has 0 bridgehead atoms. The normalized spacial score (nSPS) is 33.2. The molecular formula is C18H23NO3. The van der Waals surface area contributed by atoms with E-state index in [2.05, 4.69) is 18.0 Å². The zero-order valence-corrected chi connectivity index (χ0v) is 13.2. The molecule has 4 nitrogen and oxygen atoms in total. The van der Waals surface area contributed by atoms with E-state index < -0.39 is 0 Å². The van der Waals surface area contributed by atoms with Crippen molar-refractivity contribution < 1.29 is 14.9 Å². The van der Waals surface area contributed by atoms with Gasteiger partial charge in [-0.1, -0.05) is 12.2 Å². The topological polar surface area (TPSA) is 52.9 Å². The van der Waals surface area contributed by atoms with E-state index in [4.69, 9.17) is 4.74 Å². The van der Waals surface area contributed by atoms with E-state index in [-0.39, 0.29) is 17.3 Å². The SMILES string of the molecule is COc1c(O)cc2c3c1C1(C=CC(O)CC1)CC3N(C)CC2. The van der Waals surface area contributed by atoms with Crippen molar-refractivity contribution in [2.45, 2.75) is 43.2 Å². The van der Waals surface area contributed by atoms with Crippen LogP contribution in [0, 0.1) is 0 Å².